The molecule has 0 aliphatic heterocycles. The molecule has 1 aromatic heterocycles. The van der Waals surface area contributed by atoms with Gasteiger partial charge in [0, 0.05) is 0 Å². The van der Waals surface area contributed by atoms with Crippen LogP contribution in [0.3, 0.4) is 0 Å². The molecule has 0 atom stereocenters. The Morgan fingerprint density at radius 3 is 2.36 bits per heavy atom. The summed E-state index contributed by atoms with van der Waals surface area (Å²) in [5, 5.41) is 0. The van der Waals surface area contributed by atoms with Crippen LogP contribution in [0.25, 0.3) is 0 Å². The number of ether oxygens (including phenoxy) is 2. The molecule has 4 heteroatoms. The molecule has 1 aromatic carbocycles. The Bertz CT molecular complexity index is 654. The second-order valence-electron chi connectivity index (χ2n) is 6.11. The fourth-order valence-corrected chi connectivity index (χ4v) is 2.26. The van der Waals surface area contributed by atoms with E-state index >= 15 is 0 Å². The van der Waals surface area contributed by atoms with Crippen molar-refractivity contribution >= 4 is 8.07 Å². The first-order valence-corrected chi connectivity index (χ1v) is 10.8. The maximum atomic E-state index is 5.66. The standard InChI is InChI=1S/C18H22O3Si/c1-19-16-7-5-15(6-8-16)13-20-14-18-10-9-17(21-18)11-12-22(2,3)4/h5-10H,13-14H2,1-4H3. The zero-order chi connectivity index (χ0) is 16.0. The third-order valence-electron chi connectivity index (χ3n) is 2.89. The van der Waals surface area contributed by atoms with Crippen molar-refractivity contribution < 1.29 is 13.9 Å². The van der Waals surface area contributed by atoms with Crippen molar-refractivity contribution in [3.63, 3.8) is 0 Å². The summed E-state index contributed by atoms with van der Waals surface area (Å²) in [4.78, 5) is 0. The molecule has 0 N–H and O–H groups in total. The lowest BCUT2D eigenvalue weighted by Gasteiger charge is -2.04. The third kappa shape index (κ3) is 5.43. The van der Waals surface area contributed by atoms with Gasteiger partial charge in [-0.25, -0.2) is 0 Å². The summed E-state index contributed by atoms with van der Waals surface area (Å²) in [6.07, 6.45) is 0. The van der Waals surface area contributed by atoms with Crippen LogP contribution in [0.4, 0.5) is 0 Å². The molecule has 0 spiro atoms. The fourth-order valence-electron chi connectivity index (χ4n) is 1.76. The molecule has 116 valence electrons. The molecule has 1 heterocycles. The Morgan fingerprint density at radius 1 is 1.00 bits per heavy atom. The highest BCUT2D eigenvalue weighted by Gasteiger charge is 2.08. The van der Waals surface area contributed by atoms with Crippen LogP contribution in [0.15, 0.2) is 40.8 Å². The van der Waals surface area contributed by atoms with Crippen molar-refractivity contribution in [1.29, 1.82) is 0 Å². The van der Waals surface area contributed by atoms with Gasteiger partial charge in [-0.05, 0) is 35.7 Å². The smallest absolute Gasteiger partial charge is 0.176 e. The summed E-state index contributed by atoms with van der Waals surface area (Å²) in [5.41, 5.74) is 4.39. The maximum absolute atomic E-state index is 5.66. The van der Waals surface area contributed by atoms with Crippen molar-refractivity contribution in [2.75, 3.05) is 7.11 Å². The minimum absolute atomic E-state index is 0.445. The van der Waals surface area contributed by atoms with E-state index < -0.39 is 8.07 Å². The first-order chi connectivity index (χ1) is 10.5. The summed E-state index contributed by atoms with van der Waals surface area (Å²) in [6.45, 7) is 7.62. The number of methoxy groups -OCH3 is 1. The molecule has 2 rings (SSSR count). The molecule has 0 amide bonds. The van der Waals surface area contributed by atoms with Gasteiger partial charge in [0.25, 0.3) is 0 Å². The van der Waals surface area contributed by atoms with Gasteiger partial charge in [0.15, 0.2) is 5.76 Å². The van der Waals surface area contributed by atoms with E-state index in [1.54, 1.807) is 7.11 Å². The first kappa shape index (κ1) is 16.4. The predicted octanol–water partition coefficient (Wildman–Crippen LogP) is 4.23. The fraction of sp³-hybridized carbons (Fsp3) is 0.333. The molecule has 0 unspecified atom stereocenters. The van der Waals surface area contributed by atoms with Crippen molar-refractivity contribution in [2.45, 2.75) is 32.9 Å². The average molecular weight is 314 g/mol. The van der Waals surface area contributed by atoms with Gasteiger partial charge in [-0.3, -0.25) is 0 Å². The normalized spacial score (nSPS) is 10.9. The molecule has 22 heavy (non-hydrogen) atoms. The Balaban J connectivity index is 1.84. The molecule has 3 nitrogen and oxygen atoms in total. The summed E-state index contributed by atoms with van der Waals surface area (Å²) >= 11 is 0. The quantitative estimate of drug-likeness (QED) is 0.611. The number of hydrogen-bond donors (Lipinski definition) is 0. The van der Waals surface area contributed by atoms with Crippen LogP contribution in [0.5, 0.6) is 5.75 Å². The van der Waals surface area contributed by atoms with Crippen LogP contribution in [0.1, 0.15) is 17.1 Å². The van der Waals surface area contributed by atoms with Crippen LogP contribution in [0.2, 0.25) is 19.6 Å². The second-order valence-corrected chi connectivity index (χ2v) is 10.9. The highest BCUT2D eigenvalue weighted by Crippen LogP contribution is 2.14. The van der Waals surface area contributed by atoms with Crippen LogP contribution < -0.4 is 4.74 Å². The molecular formula is C18H22O3Si. The minimum atomic E-state index is -1.37. The zero-order valence-corrected chi connectivity index (χ0v) is 14.6. The summed E-state index contributed by atoms with van der Waals surface area (Å²) in [7, 11) is 0.287. The highest BCUT2D eigenvalue weighted by atomic mass is 28.3. The van der Waals surface area contributed by atoms with Gasteiger partial charge in [-0.1, -0.05) is 31.8 Å². The van der Waals surface area contributed by atoms with Gasteiger partial charge in [0.1, 0.15) is 26.2 Å². The van der Waals surface area contributed by atoms with Gasteiger partial charge >= 0.3 is 0 Å². The lowest BCUT2D eigenvalue weighted by molar-refractivity contribution is 0.0927. The zero-order valence-electron chi connectivity index (χ0n) is 13.6. The van der Waals surface area contributed by atoms with E-state index in [0.717, 1.165) is 17.1 Å². The number of benzene rings is 1. The summed E-state index contributed by atoms with van der Waals surface area (Å²) < 4.78 is 16.4. The van der Waals surface area contributed by atoms with E-state index in [0.29, 0.717) is 19.0 Å². The molecular weight excluding hydrogens is 292 g/mol. The van der Waals surface area contributed by atoms with Gasteiger partial charge in [-0.15, -0.1) is 5.54 Å². The number of hydrogen-bond acceptors (Lipinski definition) is 3. The number of rotatable bonds is 5. The third-order valence-corrected chi connectivity index (χ3v) is 3.77. The maximum Gasteiger partial charge on any atom is 0.176 e. The van der Waals surface area contributed by atoms with Gasteiger partial charge in [0.05, 0.1) is 13.7 Å². The van der Waals surface area contributed by atoms with Crippen LogP contribution in [-0.4, -0.2) is 15.2 Å². The van der Waals surface area contributed by atoms with E-state index in [4.69, 9.17) is 13.9 Å². The van der Waals surface area contributed by atoms with Gasteiger partial charge in [0.2, 0.25) is 0 Å². The van der Waals surface area contributed by atoms with E-state index in [-0.39, 0.29) is 0 Å². The Morgan fingerprint density at radius 2 is 1.73 bits per heavy atom. The Kier molecular flexibility index (Phi) is 5.48. The molecule has 0 aliphatic rings. The van der Waals surface area contributed by atoms with Crippen molar-refractivity contribution in [1.82, 2.24) is 0 Å². The van der Waals surface area contributed by atoms with E-state index in [1.165, 1.54) is 0 Å². The van der Waals surface area contributed by atoms with Crippen LogP contribution in [-0.2, 0) is 18.0 Å². The predicted molar refractivity (Wildman–Crippen MR) is 90.4 cm³/mol. The molecule has 0 aliphatic carbocycles. The molecule has 0 bridgehead atoms. The second kappa shape index (κ2) is 7.35. The van der Waals surface area contributed by atoms with Crippen molar-refractivity contribution in [2.24, 2.45) is 0 Å². The average Bonchev–Trinajstić information content (AvgIpc) is 2.93. The summed E-state index contributed by atoms with van der Waals surface area (Å²) in [6, 6.07) is 11.7. The molecule has 0 fully saturated rings. The molecule has 0 saturated carbocycles. The van der Waals surface area contributed by atoms with E-state index in [2.05, 4.69) is 31.1 Å². The highest BCUT2D eigenvalue weighted by molar-refractivity contribution is 6.83. The molecule has 2 aromatic rings. The van der Waals surface area contributed by atoms with Gasteiger partial charge < -0.3 is 13.9 Å². The molecule has 0 saturated heterocycles. The Labute approximate surface area is 133 Å². The minimum Gasteiger partial charge on any atom is -0.497 e. The first-order valence-electron chi connectivity index (χ1n) is 7.29. The van der Waals surface area contributed by atoms with Crippen molar-refractivity contribution in [3.8, 4) is 17.2 Å². The summed E-state index contributed by atoms with van der Waals surface area (Å²) in [5.74, 6) is 5.46. The van der Waals surface area contributed by atoms with Crippen LogP contribution >= 0.6 is 0 Å². The lowest BCUT2D eigenvalue weighted by atomic mass is 10.2. The van der Waals surface area contributed by atoms with E-state index in [1.807, 2.05) is 36.4 Å². The largest absolute Gasteiger partial charge is 0.497 e. The number of furan rings is 1. The van der Waals surface area contributed by atoms with E-state index in [9.17, 15) is 0 Å². The van der Waals surface area contributed by atoms with Crippen LogP contribution in [0, 0.1) is 11.5 Å². The monoisotopic (exact) mass is 314 g/mol. The Hall–Kier alpha value is -1.96. The molecule has 0 radical (unpaired) electrons. The van der Waals surface area contributed by atoms with Crippen molar-refractivity contribution in [3.05, 3.63) is 53.5 Å². The van der Waals surface area contributed by atoms with Gasteiger partial charge in [-0.2, -0.15) is 0 Å². The lowest BCUT2D eigenvalue weighted by Crippen LogP contribution is -2.16. The SMILES string of the molecule is COc1ccc(COCc2ccc(C#C[Si](C)(C)C)o2)cc1. The topological polar surface area (TPSA) is 31.6 Å².